The predicted molar refractivity (Wildman–Crippen MR) is 70.1 cm³/mol. The van der Waals surface area contributed by atoms with Crippen LogP contribution < -0.4 is 5.32 Å². The minimum absolute atomic E-state index is 0.348. The summed E-state index contributed by atoms with van der Waals surface area (Å²) < 4.78 is 21.1. The molecule has 1 fully saturated rings. The van der Waals surface area contributed by atoms with Gasteiger partial charge in [0.2, 0.25) is 5.91 Å². The third-order valence-electron chi connectivity index (χ3n) is 2.99. The van der Waals surface area contributed by atoms with Crippen molar-refractivity contribution >= 4 is 17.8 Å². The Labute approximate surface area is 123 Å². The van der Waals surface area contributed by atoms with E-state index >= 15 is 0 Å². The van der Waals surface area contributed by atoms with Crippen molar-refractivity contribution in [3.63, 3.8) is 0 Å². The second-order valence-corrected chi connectivity index (χ2v) is 4.82. The molecule has 21 heavy (non-hydrogen) atoms. The van der Waals surface area contributed by atoms with Gasteiger partial charge in [0.15, 0.2) is 18.5 Å². The molecule has 1 heterocycles. The number of nitrogens with one attached hydrogen (secondary N) is 1. The van der Waals surface area contributed by atoms with Gasteiger partial charge < -0.3 is 24.3 Å². The molecule has 1 amide bonds. The van der Waals surface area contributed by atoms with E-state index in [1.54, 1.807) is 6.92 Å². The normalized spacial score (nSPS) is 32.1. The van der Waals surface area contributed by atoms with Crippen molar-refractivity contribution < 1.29 is 33.3 Å². The Kier molecular flexibility index (Phi) is 6.10. The number of methoxy groups -OCH3 is 1. The molecule has 8 nitrogen and oxygen atoms in total. The number of rotatable bonds is 4. The summed E-state index contributed by atoms with van der Waals surface area (Å²) in [5.41, 5.74) is 0. The molecule has 0 spiro atoms. The highest BCUT2D eigenvalue weighted by Crippen LogP contribution is 2.26. The van der Waals surface area contributed by atoms with Crippen molar-refractivity contribution in [2.45, 2.75) is 58.3 Å². The van der Waals surface area contributed by atoms with E-state index in [9.17, 15) is 14.4 Å². The molecule has 0 aromatic rings. The summed E-state index contributed by atoms with van der Waals surface area (Å²) >= 11 is 0. The van der Waals surface area contributed by atoms with Gasteiger partial charge in [0.05, 0.1) is 6.10 Å². The molecule has 1 aliphatic heterocycles. The van der Waals surface area contributed by atoms with Gasteiger partial charge in [-0.2, -0.15) is 0 Å². The molecule has 0 aromatic heterocycles. The van der Waals surface area contributed by atoms with Gasteiger partial charge >= 0.3 is 11.9 Å². The molecule has 0 radical (unpaired) electrons. The van der Waals surface area contributed by atoms with Crippen LogP contribution in [0.4, 0.5) is 0 Å². The summed E-state index contributed by atoms with van der Waals surface area (Å²) in [5.74, 6) is -1.44. The molecule has 1 N–H and O–H groups in total. The van der Waals surface area contributed by atoms with Gasteiger partial charge in [-0.15, -0.1) is 0 Å². The van der Waals surface area contributed by atoms with Gasteiger partial charge in [-0.25, -0.2) is 0 Å². The summed E-state index contributed by atoms with van der Waals surface area (Å²) in [5, 5.41) is 2.60. The number of carbonyl (C=O) groups excluding carboxylic acids is 3. The first-order valence-electron chi connectivity index (χ1n) is 6.56. The maximum Gasteiger partial charge on any atom is 0.303 e. The van der Waals surface area contributed by atoms with Gasteiger partial charge in [0.25, 0.3) is 0 Å². The zero-order chi connectivity index (χ0) is 16.2. The number of amides is 1. The second kappa shape index (κ2) is 7.37. The fraction of sp³-hybridized carbons (Fsp3) is 0.769. The molecule has 5 unspecified atom stereocenters. The van der Waals surface area contributed by atoms with E-state index in [1.807, 2.05) is 0 Å². The molecule has 1 saturated heterocycles. The SMILES string of the molecule is COC1OC(C)C(OC(C)=O)C(OC(C)=O)C1NC(C)=O. The van der Waals surface area contributed by atoms with Crippen molar-refractivity contribution in [2.75, 3.05) is 7.11 Å². The maximum atomic E-state index is 11.3. The molecule has 120 valence electrons. The molecule has 0 saturated carbocycles. The summed E-state index contributed by atoms with van der Waals surface area (Å²) in [6.45, 7) is 5.46. The molecule has 1 aliphatic rings. The van der Waals surface area contributed by atoms with Crippen molar-refractivity contribution in [2.24, 2.45) is 0 Å². The van der Waals surface area contributed by atoms with Gasteiger partial charge in [0.1, 0.15) is 6.04 Å². The number of ether oxygens (including phenoxy) is 4. The van der Waals surface area contributed by atoms with Crippen molar-refractivity contribution in [3.8, 4) is 0 Å². The molecule has 0 aliphatic carbocycles. The molecule has 0 aromatic carbocycles. The van der Waals surface area contributed by atoms with Crippen molar-refractivity contribution in [3.05, 3.63) is 0 Å². The summed E-state index contributed by atoms with van der Waals surface area (Å²) in [6.07, 6.45) is -3.12. The molecule has 1 rings (SSSR count). The topological polar surface area (TPSA) is 100 Å². The van der Waals surface area contributed by atoms with Crippen LogP contribution in [0.1, 0.15) is 27.7 Å². The van der Waals surface area contributed by atoms with E-state index in [2.05, 4.69) is 5.32 Å². The number of hydrogen-bond donors (Lipinski definition) is 1. The molecule has 8 heteroatoms. The lowest BCUT2D eigenvalue weighted by Crippen LogP contribution is -2.65. The van der Waals surface area contributed by atoms with Gasteiger partial charge in [-0.1, -0.05) is 0 Å². The first kappa shape index (κ1) is 17.4. The maximum absolute atomic E-state index is 11.3. The molecule has 0 bridgehead atoms. The Morgan fingerprint density at radius 2 is 1.52 bits per heavy atom. The quantitative estimate of drug-likeness (QED) is 0.714. The van der Waals surface area contributed by atoms with Crippen LogP contribution in [-0.2, 0) is 33.3 Å². The van der Waals surface area contributed by atoms with Crippen LogP contribution in [0.2, 0.25) is 0 Å². The largest absolute Gasteiger partial charge is 0.456 e. The number of carbonyl (C=O) groups is 3. The smallest absolute Gasteiger partial charge is 0.303 e. The lowest BCUT2D eigenvalue weighted by Gasteiger charge is -2.43. The van der Waals surface area contributed by atoms with E-state index in [-0.39, 0.29) is 5.91 Å². The lowest BCUT2D eigenvalue weighted by atomic mass is 9.96. The van der Waals surface area contributed by atoms with Crippen LogP contribution in [0.5, 0.6) is 0 Å². The van der Waals surface area contributed by atoms with Gasteiger partial charge in [-0.3, -0.25) is 14.4 Å². The van der Waals surface area contributed by atoms with Crippen molar-refractivity contribution in [1.82, 2.24) is 5.32 Å². The summed E-state index contributed by atoms with van der Waals surface area (Å²) in [4.78, 5) is 33.9. The fourth-order valence-corrected chi connectivity index (χ4v) is 2.27. The monoisotopic (exact) mass is 303 g/mol. The van der Waals surface area contributed by atoms with E-state index in [0.29, 0.717) is 0 Å². The van der Waals surface area contributed by atoms with Crippen LogP contribution in [0.25, 0.3) is 0 Å². The van der Waals surface area contributed by atoms with E-state index in [4.69, 9.17) is 18.9 Å². The Bertz CT molecular complexity index is 411. The van der Waals surface area contributed by atoms with Crippen molar-refractivity contribution in [1.29, 1.82) is 0 Å². The molecular formula is C13H21NO7. The zero-order valence-corrected chi connectivity index (χ0v) is 12.7. The Morgan fingerprint density at radius 1 is 1.00 bits per heavy atom. The van der Waals surface area contributed by atoms with Crippen LogP contribution in [0.15, 0.2) is 0 Å². The zero-order valence-electron chi connectivity index (χ0n) is 12.7. The number of hydrogen-bond acceptors (Lipinski definition) is 7. The average molecular weight is 303 g/mol. The van der Waals surface area contributed by atoms with Crippen LogP contribution in [0, 0.1) is 0 Å². The highest BCUT2D eigenvalue weighted by Gasteiger charge is 2.48. The Hall–Kier alpha value is -1.67. The highest BCUT2D eigenvalue weighted by molar-refractivity contribution is 5.73. The lowest BCUT2D eigenvalue weighted by molar-refractivity contribution is -0.261. The first-order valence-corrected chi connectivity index (χ1v) is 6.56. The van der Waals surface area contributed by atoms with E-state index in [1.165, 1.54) is 27.9 Å². The summed E-state index contributed by atoms with van der Waals surface area (Å²) in [7, 11) is 1.41. The predicted octanol–water partition coefficient (Wildman–Crippen LogP) is -0.254. The van der Waals surface area contributed by atoms with Gasteiger partial charge in [-0.05, 0) is 6.92 Å². The molecule has 5 atom stereocenters. The minimum Gasteiger partial charge on any atom is -0.456 e. The van der Waals surface area contributed by atoms with Crippen LogP contribution in [-0.4, -0.2) is 55.6 Å². The molecular weight excluding hydrogens is 282 g/mol. The number of esters is 2. The van der Waals surface area contributed by atoms with Gasteiger partial charge in [0, 0.05) is 27.9 Å². The van der Waals surface area contributed by atoms with Crippen LogP contribution in [0.3, 0.4) is 0 Å². The third kappa shape index (κ3) is 4.68. The average Bonchev–Trinajstić information content (AvgIpc) is 2.35. The minimum atomic E-state index is -0.899. The van der Waals surface area contributed by atoms with Crippen LogP contribution >= 0.6 is 0 Å². The third-order valence-corrected chi connectivity index (χ3v) is 2.99. The highest BCUT2D eigenvalue weighted by atomic mass is 16.7. The van der Waals surface area contributed by atoms with E-state index in [0.717, 1.165) is 0 Å². The first-order chi connectivity index (χ1) is 9.76. The standard InChI is InChI=1S/C13H21NO7/c1-6-11(20-8(3)16)12(21-9(4)17)10(14-7(2)15)13(18-5)19-6/h6,10-13H,1-5H3,(H,14,15). The Morgan fingerprint density at radius 3 is 1.95 bits per heavy atom. The Balaban J connectivity index is 3.08. The second-order valence-electron chi connectivity index (χ2n) is 4.82. The van der Waals surface area contributed by atoms with E-state index < -0.39 is 42.6 Å². The summed E-state index contributed by atoms with van der Waals surface area (Å²) in [6, 6.07) is -0.781. The fourth-order valence-electron chi connectivity index (χ4n) is 2.27.